The van der Waals surface area contributed by atoms with Crippen LogP contribution in [-0.2, 0) is 4.79 Å². The van der Waals surface area contributed by atoms with Gasteiger partial charge in [0.2, 0.25) is 18.7 Å². The van der Waals surface area contributed by atoms with Gasteiger partial charge in [0, 0.05) is 9.67 Å². The number of nitrogens with one attached hydrogen (secondary N) is 1. The molecule has 9 heavy (non-hydrogen) atoms. The molecular weight excluding hydrogens is 120 g/mol. The third-order valence-corrected chi connectivity index (χ3v) is 1.04. The fraction of sp³-hybridized carbons (Fsp3) is 0.400. The lowest BCUT2D eigenvalue weighted by molar-refractivity contribution is -0.477. The first-order chi connectivity index (χ1) is 4.29. The first-order valence-corrected chi connectivity index (χ1v) is 2.69. The van der Waals surface area contributed by atoms with E-state index in [0.717, 1.165) is 4.76 Å². The lowest BCUT2D eigenvalue weighted by atomic mass is 10.4. The van der Waals surface area contributed by atoms with Crippen LogP contribution in [0.4, 0.5) is 0 Å². The molecule has 1 N–H and O–H groups in total. The van der Waals surface area contributed by atoms with Crippen molar-refractivity contribution < 1.29 is 9.55 Å². The minimum atomic E-state index is -0.107. The van der Waals surface area contributed by atoms with Crippen molar-refractivity contribution >= 4 is 5.91 Å². The topological polar surface area (TPSA) is 49.2 Å². The fourth-order valence-corrected chi connectivity index (χ4v) is 0.572. The van der Waals surface area contributed by atoms with Crippen LogP contribution < -0.4 is 5.32 Å². The van der Waals surface area contributed by atoms with E-state index in [1.807, 2.05) is 0 Å². The summed E-state index contributed by atoms with van der Waals surface area (Å²) in [5.74, 6) is -0.107. The van der Waals surface area contributed by atoms with E-state index in [1.54, 1.807) is 0 Å². The van der Waals surface area contributed by atoms with Crippen molar-refractivity contribution in [3.63, 3.8) is 0 Å². The van der Waals surface area contributed by atoms with Crippen LogP contribution >= 0.6 is 0 Å². The molecule has 1 aliphatic heterocycles. The van der Waals surface area contributed by atoms with Gasteiger partial charge in [-0.25, -0.2) is 0 Å². The molecule has 0 aromatic rings. The average Bonchev–Trinajstić information content (AvgIpc) is 1.97. The Morgan fingerprint density at radius 1 is 1.67 bits per heavy atom. The zero-order valence-corrected chi connectivity index (χ0v) is 4.83. The number of nitrogens with zero attached hydrogens (tertiary/aromatic N) is 1. The number of amides is 1. The van der Waals surface area contributed by atoms with Gasteiger partial charge in [0.15, 0.2) is 0 Å². The molecule has 0 aromatic carbocycles. The van der Waals surface area contributed by atoms with Gasteiger partial charge in [0.05, 0.1) is 12.6 Å². The van der Waals surface area contributed by atoms with Gasteiger partial charge < -0.3 is 5.32 Å². The molecule has 1 heterocycles. The molecule has 0 saturated heterocycles. The summed E-state index contributed by atoms with van der Waals surface area (Å²) < 4.78 is 0.720. The fourth-order valence-electron chi connectivity index (χ4n) is 0.572. The first kappa shape index (κ1) is 5.94. The predicted octanol–water partition coefficient (Wildman–Crippen LogP) is -0.244. The second kappa shape index (κ2) is 2.39. The Kier molecular flexibility index (Phi) is 1.58. The minimum absolute atomic E-state index is 0.107. The number of hydrogen-bond donors (Lipinski definition) is 1. The van der Waals surface area contributed by atoms with Gasteiger partial charge in [0.1, 0.15) is 0 Å². The maximum atomic E-state index is 10.5. The van der Waals surface area contributed by atoms with Gasteiger partial charge in [0.25, 0.3) is 0 Å². The van der Waals surface area contributed by atoms with Crippen LogP contribution in [0, 0.1) is 4.91 Å². The highest BCUT2D eigenvalue weighted by molar-refractivity contribution is 5.77. The smallest absolute Gasteiger partial charge is 0.236 e. The van der Waals surface area contributed by atoms with Gasteiger partial charge in [-0.1, -0.05) is 0 Å². The second-order valence-electron chi connectivity index (χ2n) is 1.77. The molecular formula is C5H7N2O2+. The number of carbonyl (C=O) groups is 1. The summed E-state index contributed by atoms with van der Waals surface area (Å²) in [6.07, 6.45) is 2.92. The monoisotopic (exact) mass is 127 g/mol. The van der Waals surface area contributed by atoms with Crippen molar-refractivity contribution in [3.8, 4) is 0 Å². The Bertz CT molecular complexity index is 174. The Morgan fingerprint density at radius 2 is 2.44 bits per heavy atom. The van der Waals surface area contributed by atoms with E-state index in [-0.39, 0.29) is 18.9 Å². The summed E-state index contributed by atoms with van der Waals surface area (Å²) in [5, 5.41) is 2.41. The Morgan fingerprint density at radius 3 is 3.22 bits per heavy atom. The molecule has 0 spiro atoms. The van der Waals surface area contributed by atoms with Crippen molar-refractivity contribution in [2.45, 2.75) is 6.42 Å². The van der Waals surface area contributed by atoms with Gasteiger partial charge in [-0.15, -0.1) is 0 Å². The summed E-state index contributed by atoms with van der Waals surface area (Å²) in [4.78, 5) is 21.0. The van der Waals surface area contributed by atoms with E-state index < -0.39 is 0 Å². The molecule has 0 unspecified atom stereocenters. The standard InChI is InChI=1S/C5H6N2O2/c8-5-1-3-7(9)4-2-6-5/h2,4H,1,3H2/p+1. The number of nitroso groups, excluding NO2 is 1. The molecule has 0 bridgehead atoms. The lowest BCUT2D eigenvalue weighted by Gasteiger charge is -1.86. The van der Waals surface area contributed by atoms with E-state index in [9.17, 15) is 9.70 Å². The zero-order valence-electron chi connectivity index (χ0n) is 4.83. The number of rotatable bonds is 0. The average molecular weight is 127 g/mol. The van der Waals surface area contributed by atoms with Crippen LogP contribution in [0.1, 0.15) is 6.42 Å². The lowest BCUT2D eigenvalue weighted by Crippen LogP contribution is -2.16. The number of hydrogen-bond acceptors (Lipinski definition) is 2. The summed E-state index contributed by atoms with van der Waals surface area (Å²) in [6.45, 7) is 0.252. The largest absolute Gasteiger partial charge is 0.327 e. The van der Waals surface area contributed by atoms with Crippen molar-refractivity contribution in [3.05, 3.63) is 17.3 Å². The van der Waals surface area contributed by atoms with Gasteiger partial charge in [-0.3, -0.25) is 4.79 Å². The van der Waals surface area contributed by atoms with Crippen molar-refractivity contribution in [2.75, 3.05) is 6.54 Å². The molecule has 0 aromatic heterocycles. The van der Waals surface area contributed by atoms with E-state index in [1.165, 1.54) is 12.4 Å². The van der Waals surface area contributed by atoms with Crippen LogP contribution in [0.25, 0.3) is 0 Å². The molecule has 0 fully saturated rings. The van der Waals surface area contributed by atoms with Gasteiger partial charge in [-0.05, 0) is 0 Å². The minimum Gasteiger partial charge on any atom is -0.327 e. The molecule has 4 heteroatoms. The summed E-state index contributed by atoms with van der Waals surface area (Å²) in [7, 11) is 0. The number of carbonyl (C=O) groups excluding carboxylic acids is 1. The van der Waals surface area contributed by atoms with Crippen molar-refractivity contribution in [1.82, 2.24) is 5.32 Å². The molecule has 48 valence electrons. The quantitative estimate of drug-likeness (QED) is 0.456. The Balaban J connectivity index is 2.58. The highest BCUT2D eigenvalue weighted by Gasteiger charge is 2.11. The normalized spacial score (nSPS) is 19.1. The van der Waals surface area contributed by atoms with Crippen LogP contribution in [-0.4, -0.2) is 17.2 Å². The maximum Gasteiger partial charge on any atom is 0.236 e. The van der Waals surface area contributed by atoms with E-state index >= 15 is 0 Å². The van der Waals surface area contributed by atoms with Gasteiger partial charge >= 0.3 is 0 Å². The molecule has 1 amide bonds. The molecule has 0 aliphatic carbocycles. The summed E-state index contributed by atoms with van der Waals surface area (Å²) in [5.41, 5.74) is 0. The predicted molar refractivity (Wildman–Crippen MR) is 30.4 cm³/mol. The third-order valence-electron chi connectivity index (χ3n) is 1.04. The SMILES string of the molecule is O=C1CC[N+](=O)C=CN1. The summed E-state index contributed by atoms with van der Waals surface area (Å²) >= 11 is 0. The highest BCUT2D eigenvalue weighted by Crippen LogP contribution is 1.87. The van der Waals surface area contributed by atoms with E-state index in [2.05, 4.69) is 5.32 Å². The first-order valence-electron chi connectivity index (χ1n) is 2.69. The van der Waals surface area contributed by atoms with Crippen LogP contribution in [0.5, 0.6) is 0 Å². The molecule has 1 aliphatic rings. The van der Waals surface area contributed by atoms with Gasteiger partial charge in [-0.2, -0.15) is 0 Å². The Hall–Kier alpha value is -1.19. The van der Waals surface area contributed by atoms with E-state index in [0.29, 0.717) is 0 Å². The molecule has 0 saturated carbocycles. The molecule has 0 radical (unpaired) electrons. The molecule has 0 atom stereocenters. The van der Waals surface area contributed by atoms with Crippen molar-refractivity contribution in [1.29, 1.82) is 0 Å². The van der Waals surface area contributed by atoms with Crippen LogP contribution in [0.3, 0.4) is 0 Å². The zero-order chi connectivity index (χ0) is 6.69. The van der Waals surface area contributed by atoms with Crippen LogP contribution in [0.15, 0.2) is 12.4 Å². The molecule has 4 nitrogen and oxygen atoms in total. The highest BCUT2D eigenvalue weighted by atomic mass is 16.3. The maximum absolute atomic E-state index is 10.5. The second-order valence-corrected chi connectivity index (χ2v) is 1.77. The third kappa shape index (κ3) is 1.64. The van der Waals surface area contributed by atoms with Crippen molar-refractivity contribution in [2.24, 2.45) is 0 Å². The molecule has 1 rings (SSSR count). The Labute approximate surface area is 52.1 Å². The van der Waals surface area contributed by atoms with Crippen LogP contribution in [0.2, 0.25) is 0 Å². The van der Waals surface area contributed by atoms with E-state index in [4.69, 9.17) is 0 Å². The summed E-state index contributed by atoms with van der Waals surface area (Å²) in [6, 6.07) is 0.